The molecule has 1 aliphatic carbocycles. The molecule has 0 unspecified atom stereocenters. The quantitative estimate of drug-likeness (QED) is 0.788. The van der Waals surface area contributed by atoms with Crippen molar-refractivity contribution < 1.29 is 4.74 Å². The van der Waals surface area contributed by atoms with E-state index < -0.39 is 0 Å². The van der Waals surface area contributed by atoms with E-state index in [0.717, 1.165) is 6.54 Å². The first-order valence-corrected chi connectivity index (χ1v) is 7.21. The molecule has 1 aliphatic heterocycles. The molecule has 2 aliphatic rings. The van der Waals surface area contributed by atoms with Crippen molar-refractivity contribution in [3.05, 3.63) is 11.5 Å². The molecule has 1 spiro atoms. The number of allylic oxidation sites excluding steroid dienone is 2. The van der Waals surface area contributed by atoms with Crippen LogP contribution in [-0.4, -0.2) is 12.1 Å². The van der Waals surface area contributed by atoms with Crippen LogP contribution in [-0.2, 0) is 4.74 Å². The van der Waals surface area contributed by atoms with Crippen LogP contribution in [0.5, 0.6) is 0 Å². The first kappa shape index (κ1) is 12.8. The van der Waals surface area contributed by atoms with Crippen LogP contribution >= 0.6 is 0 Å². The van der Waals surface area contributed by atoms with Gasteiger partial charge in [-0.15, -0.1) is 0 Å². The molecular formula is C15H27NO. The molecule has 1 fully saturated rings. The normalized spacial score (nSPS) is 24.1. The molecule has 0 aromatic rings. The van der Waals surface area contributed by atoms with Crippen molar-refractivity contribution in [2.24, 2.45) is 11.8 Å². The van der Waals surface area contributed by atoms with Gasteiger partial charge in [-0.3, -0.25) is 0 Å². The van der Waals surface area contributed by atoms with E-state index in [4.69, 9.17) is 4.74 Å². The van der Waals surface area contributed by atoms with E-state index in [0.29, 0.717) is 11.8 Å². The summed E-state index contributed by atoms with van der Waals surface area (Å²) >= 11 is 0. The minimum Gasteiger partial charge on any atom is -0.488 e. The fraction of sp³-hybridized carbons (Fsp3) is 0.867. The summed E-state index contributed by atoms with van der Waals surface area (Å²) in [5.41, 5.74) is 1.44. The minimum atomic E-state index is 0.107. The Hall–Kier alpha value is -0.660. The van der Waals surface area contributed by atoms with Crippen molar-refractivity contribution in [2.45, 2.75) is 65.4 Å². The van der Waals surface area contributed by atoms with Crippen molar-refractivity contribution in [1.82, 2.24) is 5.32 Å². The van der Waals surface area contributed by atoms with Crippen LogP contribution in [0.15, 0.2) is 11.5 Å². The zero-order valence-electron chi connectivity index (χ0n) is 11.8. The molecule has 2 rings (SSSR count). The Morgan fingerprint density at radius 3 is 2.18 bits per heavy atom. The summed E-state index contributed by atoms with van der Waals surface area (Å²) in [6, 6.07) is 0. The molecule has 2 heteroatoms. The van der Waals surface area contributed by atoms with Crippen molar-refractivity contribution in [3.63, 3.8) is 0 Å². The molecule has 98 valence electrons. The molecule has 1 heterocycles. The molecular weight excluding hydrogens is 210 g/mol. The molecule has 0 aromatic carbocycles. The predicted molar refractivity (Wildman–Crippen MR) is 71.6 cm³/mol. The molecule has 17 heavy (non-hydrogen) atoms. The van der Waals surface area contributed by atoms with Crippen molar-refractivity contribution in [3.8, 4) is 0 Å². The van der Waals surface area contributed by atoms with E-state index in [1.54, 1.807) is 0 Å². The molecule has 0 aromatic heterocycles. The Labute approximate surface area is 106 Å². The predicted octanol–water partition coefficient (Wildman–Crippen LogP) is 3.83. The topological polar surface area (TPSA) is 21.3 Å². The monoisotopic (exact) mass is 237 g/mol. The van der Waals surface area contributed by atoms with Gasteiger partial charge < -0.3 is 10.1 Å². The summed E-state index contributed by atoms with van der Waals surface area (Å²) < 4.78 is 6.47. The number of rotatable bonds is 2. The zero-order valence-corrected chi connectivity index (χ0v) is 11.8. The third kappa shape index (κ3) is 2.61. The molecule has 1 N–H and O–H groups in total. The van der Waals surface area contributed by atoms with Gasteiger partial charge in [0.15, 0.2) is 0 Å². The maximum absolute atomic E-state index is 6.47. The summed E-state index contributed by atoms with van der Waals surface area (Å²) in [6.45, 7) is 9.97. The third-order valence-electron chi connectivity index (χ3n) is 4.06. The van der Waals surface area contributed by atoms with Crippen molar-refractivity contribution in [2.75, 3.05) is 6.54 Å². The maximum Gasteiger partial charge on any atom is 0.126 e. The average Bonchev–Trinajstić information content (AvgIpc) is 2.29. The molecule has 0 atom stereocenters. The van der Waals surface area contributed by atoms with Gasteiger partial charge in [0.05, 0.1) is 12.2 Å². The van der Waals surface area contributed by atoms with Crippen LogP contribution in [0.25, 0.3) is 0 Å². The summed E-state index contributed by atoms with van der Waals surface area (Å²) in [5.74, 6) is 2.24. The number of nitrogens with one attached hydrogen (secondary N) is 1. The van der Waals surface area contributed by atoms with E-state index in [9.17, 15) is 0 Å². The Bertz CT molecular complexity index is 298. The highest BCUT2D eigenvalue weighted by Crippen LogP contribution is 2.38. The lowest BCUT2D eigenvalue weighted by Crippen LogP contribution is -2.49. The largest absolute Gasteiger partial charge is 0.488 e. The van der Waals surface area contributed by atoms with E-state index in [2.05, 4.69) is 33.0 Å². The first-order valence-electron chi connectivity index (χ1n) is 7.21. The van der Waals surface area contributed by atoms with E-state index >= 15 is 0 Å². The van der Waals surface area contributed by atoms with Crippen LogP contribution in [0.1, 0.15) is 59.8 Å². The van der Waals surface area contributed by atoms with E-state index in [-0.39, 0.29) is 5.60 Å². The smallest absolute Gasteiger partial charge is 0.126 e. The molecule has 0 amide bonds. The minimum absolute atomic E-state index is 0.107. The van der Waals surface area contributed by atoms with Crippen LogP contribution in [0.4, 0.5) is 0 Å². The fourth-order valence-electron chi connectivity index (χ4n) is 3.06. The summed E-state index contributed by atoms with van der Waals surface area (Å²) in [4.78, 5) is 0. The highest BCUT2D eigenvalue weighted by molar-refractivity contribution is 5.16. The third-order valence-corrected chi connectivity index (χ3v) is 4.06. The Balaban J connectivity index is 2.20. The molecule has 1 saturated carbocycles. The second-order valence-electron chi connectivity index (χ2n) is 6.29. The molecule has 2 nitrogen and oxygen atoms in total. The van der Waals surface area contributed by atoms with Gasteiger partial charge in [-0.25, -0.2) is 0 Å². The standard InChI is InChI=1S/C15H27NO/c1-11(2)13-14(12(3)4)17-15(10-16-13)8-6-5-7-9-15/h11-12,16H,5-10H2,1-4H3. The van der Waals surface area contributed by atoms with Crippen LogP contribution in [0, 0.1) is 11.8 Å². The van der Waals surface area contributed by atoms with Gasteiger partial charge in [-0.05, 0) is 31.6 Å². The lowest BCUT2D eigenvalue weighted by atomic mass is 9.83. The van der Waals surface area contributed by atoms with Crippen LogP contribution < -0.4 is 5.32 Å². The lowest BCUT2D eigenvalue weighted by Gasteiger charge is -2.44. The fourth-order valence-corrected chi connectivity index (χ4v) is 3.06. The number of hydrogen-bond acceptors (Lipinski definition) is 2. The highest BCUT2D eigenvalue weighted by atomic mass is 16.5. The van der Waals surface area contributed by atoms with Crippen LogP contribution in [0.3, 0.4) is 0 Å². The van der Waals surface area contributed by atoms with Gasteiger partial charge in [0.25, 0.3) is 0 Å². The highest BCUT2D eigenvalue weighted by Gasteiger charge is 2.39. The maximum atomic E-state index is 6.47. The molecule has 0 saturated heterocycles. The van der Waals surface area contributed by atoms with Crippen molar-refractivity contribution in [1.29, 1.82) is 0 Å². The Morgan fingerprint density at radius 1 is 1.00 bits per heavy atom. The zero-order chi connectivity index (χ0) is 12.5. The number of hydrogen-bond donors (Lipinski definition) is 1. The summed E-state index contributed by atoms with van der Waals surface area (Å²) in [5, 5.41) is 3.67. The molecule has 0 radical (unpaired) electrons. The summed E-state index contributed by atoms with van der Waals surface area (Å²) in [7, 11) is 0. The molecule has 0 bridgehead atoms. The van der Waals surface area contributed by atoms with Gasteiger partial charge >= 0.3 is 0 Å². The second-order valence-corrected chi connectivity index (χ2v) is 6.29. The van der Waals surface area contributed by atoms with Crippen LogP contribution in [0.2, 0.25) is 0 Å². The van der Waals surface area contributed by atoms with Gasteiger partial charge in [0.2, 0.25) is 0 Å². The van der Waals surface area contributed by atoms with Crippen molar-refractivity contribution >= 4 is 0 Å². The second kappa shape index (κ2) is 4.91. The Morgan fingerprint density at radius 2 is 1.65 bits per heavy atom. The first-order chi connectivity index (χ1) is 8.04. The van der Waals surface area contributed by atoms with E-state index in [1.807, 2.05) is 0 Å². The summed E-state index contributed by atoms with van der Waals surface area (Å²) in [6.07, 6.45) is 6.47. The SMILES string of the molecule is CC(C)C1=C(C(C)C)OC2(CCCCC2)CN1. The van der Waals surface area contributed by atoms with Gasteiger partial charge in [0, 0.05) is 5.92 Å². The van der Waals surface area contributed by atoms with Gasteiger partial charge in [0.1, 0.15) is 11.4 Å². The van der Waals surface area contributed by atoms with E-state index in [1.165, 1.54) is 43.6 Å². The van der Waals surface area contributed by atoms with Gasteiger partial charge in [-0.2, -0.15) is 0 Å². The lowest BCUT2D eigenvalue weighted by molar-refractivity contribution is -0.0512. The van der Waals surface area contributed by atoms with Gasteiger partial charge in [-0.1, -0.05) is 34.1 Å². The Kier molecular flexibility index (Phi) is 3.70. The average molecular weight is 237 g/mol. The number of ether oxygens (including phenoxy) is 1.